The van der Waals surface area contributed by atoms with Gasteiger partial charge in [-0.15, -0.1) is 0 Å². The van der Waals surface area contributed by atoms with Crippen molar-refractivity contribution in [1.82, 2.24) is 0 Å². The van der Waals surface area contributed by atoms with Crippen molar-refractivity contribution in [3.63, 3.8) is 0 Å². The smallest absolute Gasteiger partial charge is 0.311 e. The van der Waals surface area contributed by atoms with E-state index < -0.39 is 64.8 Å². The molecule has 4 saturated heterocycles. The lowest BCUT2D eigenvalue weighted by atomic mass is 9.84. The molecule has 0 aliphatic carbocycles. The van der Waals surface area contributed by atoms with E-state index in [4.69, 9.17) is 42.6 Å². The molecule has 5 aliphatic heterocycles. The largest absolute Gasteiger partial charge is 0.475 e. The second-order valence-corrected chi connectivity index (χ2v) is 43.6. The zero-order valence-corrected chi connectivity index (χ0v) is 79.7. The monoisotopic (exact) mass is 1750 g/mol. The molecule has 0 radical (unpaired) electrons. The Hall–Kier alpha value is -5.93. The Labute approximate surface area is 729 Å². The van der Waals surface area contributed by atoms with E-state index in [-0.39, 0.29) is 108 Å². The molecular weight excluding hydrogens is 1590 g/mol. The molecule has 5 aliphatic rings. The number of rotatable bonds is 43. The number of aliphatic hydroxyl groups excluding tert-OH is 1. The summed E-state index contributed by atoms with van der Waals surface area (Å²) in [5.41, 5.74) is 5.52. The summed E-state index contributed by atoms with van der Waals surface area (Å²) in [6.07, 6.45) is 14.9. The Balaban J connectivity index is 0.000000309. The van der Waals surface area contributed by atoms with Gasteiger partial charge in [-0.25, -0.2) is 30.2 Å². The maximum Gasteiger partial charge on any atom is 0.311 e. The number of para-hydroxylation sites is 1. The van der Waals surface area contributed by atoms with Crippen LogP contribution < -0.4 is 4.72 Å². The lowest BCUT2D eigenvalue weighted by Gasteiger charge is -2.27. The molecule has 20 atom stereocenters. The second-order valence-electron chi connectivity index (χ2n) is 37.8. The number of carbonyl (C=O) groups is 3. The van der Waals surface area contributed by atoms with Crippen molar-refractivity contribution in [1.29, 1.82) is 0 Å². The van der Waals surface area contributed by atoms with Crippen molar-refractivity contribution >= 4 is 59.5 Å². The minimum Gasteiger partial charge on any atom is -0.475 e. The second kappa shape index (κ2) is 49.8. The number of aryl methyl sites for hydroxylation is 1. The van der Waals surface area contributed by atoms with E-state index in [0.717, 1.165) is 126 Å². The Morgan fingerprint density at radius 2 is 1.04 bits per heavy atom. The van der Waals surface area contributed by atoms with Gasteiger partial charge in [0.1, 0.15) is 12.9 Å². The van der Waals surface area contributed by atoms with Crippen LogP contribution in [0.15, 0.2) is 142 Å². The maximum absolute atomic E-state index is 13.5. The molecule has 3 unspecified atom stereocenters. The third kappa shape index (κ3) is 34.7. The van der Waals surface area contributed by atoms with Crippen LogP contribution >= 0.6 is 0 Å². The number of hydrogen-bond acceptors (Lipinski definition) is 20. The van der Waals surface area contributed by atoms with Gasteiger partial charge in [0, 0.05) is 38.9 Å². The number of allylic oxidation sites excluding steroid dienone is 1. The summed E-state index contributed by atoms with van der Waals surface area (Å²) >= 11 is 0. The van der Waals surface area contributed by atoms with E-state index >= 15 is 0 Å². The van der Waals surface area contributed by atoms with E-state index in [2.05, 4.69) is 112 Å². The van der Waals surface area contributed by atoms with Gasteiger partial charge < -0.3 is 52.5 Å². The lowest BCUT2D eigenvalue weighted by molar-refractivity contribution is -0.153. The van der Waals surface area contributed by atoms with Gasteiger partial charge in [0.15, 0.2) is 19.7 Å². The fourth-order valence-corrected chi connectivity index (χ4v) is 20.1. The summed E-state index contributed by atoms with van der Waals surface area (Å²) in [6.45, 7) is 55.1. The SMILES string of the molecule is C=C1C[C@H](CCCOC(=O)C(C)(C)C)OC1CC[C@@H](C)C[C@@H](C)C(=C)C.C=C1C[C@H](CCCOC(=O)C(C)(C)C)OC1CC[C@@H](C)C[C@@H](C)C(=C)C(O)C[C@@H]1O[C@H](C[C@H](C)CC)[C@H](OC)[C@H]1CS(=O)(=O)c1ccccc1.CC[C@@H](C)C[C@H]1O[C@@H](CC=O)[C@H](CS(=O)(=O)c2ccccc2)[C@H]1OC.Cc1cccc(C2=N[C@@H](C(C)C)CO2)c1NS(C)(=O)=O. The summed E-state index contributed by atoms with van der Waals surface area (Å²) in [5.74, 6) is 2.18. The number of benzene rings is 3. The molecule has 0 spiro atoms. The van der Waals surface area contributed by atoms with Gasteiger partial charge in [0.2, 0.25) is 15.9 Å². The van der Waals surface area contributed by atoms with Crippen LogP contribution in [-0.4, -0.2) is 179 Å². The molecule has 0 aromatic heterocycles. The minimum absolute atomic E-state index is 0.0318. The summed E-state index contributed by atoms with van der Waals surface area (Å²) in [6, 6.07) is 22.6. The van der Waals surface area contributed by atoms with Crippen molar-refractivity contribution in [2.24, 2.45) is 69.1 Å². The van der Waals surface area contributed by atoms with E-state index in [9.17, 15) is 44.7 Å². The molecule has 8 rings (SSSR count). The van der Waals surface area contributed by atoms with Gasteiger partial charge in [-0.05, 0) is 239 Å². The highest BCUT2D eigenvalue weighted by atomic mass is 32.2. The minimum atomic E-state index is -3.60. The first-order valence-electron chi connectivity index (χ1n) is 44.3. The average Bonchev–Trinajstić information content (AvgIpc) is 1.65. The molecule has 2 N–H and O–H groups in total. The van der Waals surface area contributed by atoms with Gasteiger partial charge >= 0.3 is 11.9 Å². The van der Waals surface area contributed by atoms with Crippen LogP contribution in [0.25, 0.3) is 0 Å². The predicted octanol–water partition coefficient (Wildman–Crippen LogP) is 19.3. The number of anilines is 1. The topological polar surface area (TPSA) is 281 Å². The third-order valence-corrected chi connectivity index (χ3v) is 28.6. The molecule has 684 valence electrons. The highest BCUT2D eigenvalue weighted by Crippen LogP contribution is 2.42. The van der Waals surface area contributed by atoms with E-state index in [1.807, 2.05) is 66.7 Å². The molecule has 121 heavy (non-hydrogen) atoms. The van der Waals surface area contributed by atoms with Crippen molar-refractivity contribution in [2.45, 2.75) is 323 Å². The molecule has 3 aromatic carbocycles. The van der Waals surface area contributed by atoms with Gasteiger partial charge in [-0.2, -0.15) is 0 Å². The lowest BCUT2D eigenvalue weighted by Crippen LogP contribution is -2.36. The molecular formula is C97H154N2O19S3. The summed E-state index contributed by atoms with van der Waals surface area (Å²) in [7, 11) is -7.20. The van der Waals surface area contributed by atoms with Crippen LogP contribution in [0, 0.1) is 71.0 Å². The van der Waals surface area contributed by atoms with Crippen molar-refractivity contribution in [2.75, 3.05) is 56.5 Å². The van der Waals surface area contributed by atoms with Crippen LogP contribution in [0.1, 0.15) is 244 Å². The van der Waals surface area contributed by atoms with Crippen LogP contribution in [0.5, 0.6) is 0 Å². The molecule has 0 saturated carbocycles. The van der Waals surface area contributed by atoms with E-state index in [0.29, 0.717) is 77.4 Å². The number of aldehydes is 1. The Kier molecular flexibility index (Phi) is 43.5. The number of sulfone groups is 2. The number of methoxy groups -OCH3 is 2. The zero-order valence-electron chi connectivity index (χ0n) is 77.3. The zero-order chi connectivity index (χ0) is 90.5. The predicted molar refractivity (Wildman–Crippen MR) is 486 cm³/mol. The average molecular weight is 1750 g/mol. The fraction of sp³-hybridized carbons (Fsp3) is 0.691. The Bertz CT molecular complexity index is 4120. The number of sulfonamides is 1. The highest BCUT2D eigenvalue weighted by Gasteiger charge is 2.49. The van der Waals surface area contributed by atoms with Crippen LogP contribution in [0.3, 0.4) is 0 Å². The number of aliphatic imine (C=N–C) groups is 1. The first-order valence-corrected chi connectivity index (χ1v) is 49.5. The van der Waals surface area contributed by atoms with Gasteiger partial charge in [0.25, 0.3) is 0 Å². The molecule has 4 fully saturated rings. The number of esters is 2. The summed E-state index contributed by atoms with van der Waals surface area (Å²) < 4.78 is 131. The molecule has 5 heterocycles. The number of carbonyl (C=O) groups excluding carboxylic acids is 3. The van der Waals surface area contributed by atoms with Crippen molar-refractivity contribution in [3.8, 4) is 0 Å². The molecule has 0 amide bonds. The van der Waals surface area contributed by atoms with Crippen LogP contribution in [0.2, 0.25) is 0 Å². The highest BCUT2D eigenvalue weighted by molar-refractivity contribution is 7.92. The van der Waals surface area contributed by atoms with Crippen LogP contribution in [0.4, 0.5) is 5.69 Å². The number of nitrogens with one attached hydrogen (secondary N) is 1. The van der Waals surface area contributed by atoms with E-state index in [1.54, 1.807) is 74.9 Å². The third-order valence-electron chi connectivity index (χ3n) is 24.4. The maximum atomic E-state index is 13.5. The van der Waals surface area contributed by atoms with Gasteiger partial charge in [0.05, 0.1) is 136 Å². The van der Waals surface area contributed by atoms with Crippen molar-refractivity contribution < 1.29 is 87.4 Å². The fourth-order valence-electron chi connectivity index (χ4n) is 16.1. The number of nitrogens with zero attached hydrogens (tertiary/aromatic N) is 1. The quantitative estimate of drug-likeness (QED) is 0.0230. The summed E-state index contributed by atoms with van der Waals surface area (Å²) in [5, 5.41) is 11.5. The van der Waals surface area contributed by atoms with Gasteiger partial charge in [-0.3, -0.25) is 14.3 Å². The Morgan fingerprint density at radius 3 is 1.44 bits per heavy atom. The number of aliphatic hydroxyl groups is 1. The standard InChI is InChI=1S/C41H66O8S.C23H40O3.C19H28O5S.C14H20N2O3S/c1-11-27(2)23-38-39(46-10)34(26-50(44,45)33-17-13-12-14-18-33)37(49-38)25-35(42)31(6)29(4)22-28(3)19-20-36-30(5)24-32(48-36)16-15-21-47-40(43)41(7,8)9;1-16(2)18(4)14-17(3)11-12-21-19(5)15-20(26-21)10-9-13-25-22(24)23(6,7)8;1-4-14(2)12-18-19(23-3)16(17(24-18)10-11-20)13-25(21,22)15-8-6-5-7-9-15;1-9(2)12-8-19-14(15-12)11-7-5-6-10(3)13(11)16-20(4,17)18/h12-14,17-18,27-29,32,34-39,42H,5-6,11,15-16,19-26H2,1-4,7-10H3;17-18,20-21H,1,5,9-15H2,2-4,6-8H3;5-9,11,14,16-19H,4,10,12-13H2,1-3H3;5-7,9,12,16H,8H2,1-4H3/t27-,28-,29-,32+,34+,35?,36?,37+,38-,39-;17-,18-,20+,21?;14-,16+,17+,18-,19-;12-/m1111/s1. The molecule has 3 aromatic rings. The van der Waals surface area contributed by atoms with Crippen LogP contribution in [-0.2, 0) is 86.7 Å². The normalized spacial score (nSPS) is 24.9. The Morgan fingerprint density at radius 1 is 0.603 bits per heavy atom. The molecule has 0 bridgehead atoms. The molecule has 21 nitrogen and oxygen atoms in total. The van der Waals surface area contributed by atoms with Gasteiger partial charge in [-0.1, -0.05) is 162 Å². The molecule has 24 heteroatoms. The number of hydrogen-bond donors (Lipinski definition) is 2. The number of ether oxygens (including phenoxy) is 9. The van der Waals surface area contributed by atoms with E-state index in [1.165, 1.54) is 17.6 Å². The first kappa shape index (κ1) is 106. The first-order chi connectivity index (χ1) is 56.7. The van der Waals surface area contributed by atoms with Crippen molar-refractivity contribution in [3.05, 3.63) is 139 Å². The summed E-state index contributed by atoms with van der Waals surface area (Å²) in [4.78, 5) is 39.9.